The summed E-state index contributed by atoms with van der Waals surface area (Å²) in [7, 11) is 0. The number of benzene rings is 1. The van der Waals surface area contributed by atoms with E-state index in [2.05, 4.69) is 0 Å². The molecule has 1 aromatic rings. The van der Waals surface area contributed by atoms with Gasteiger partial charge >= 0.3 is 6.18 Å². The highest BCUT2D eigenvalue weighted by molar-refractivity contribution is 5.53. The largest absolute Gasteiger partial charge is 0.506 e. The normalized spacial score (nSPS) is 16.1. The minimum atomic E-state index is -4.81. The fraction of sp³-hybridized carbons (Fsp3) is 0.333. The number of hydrogen-bond donors (Lipinski definition) is 3. The first kappa shape index (κ1) is 11.6. The monoisotopic (exact) mass is 221 g/mol. The predicted octanol–water partition coefficient (Wildman–Crippen LogP) is 1.74. The summed E-state index contributed by atoms with van der Waals surface area (Å²) in [6.07, 6.45) is -4.81. The molecule has 6 heteroatoms. The first-order valence-electron chi connectivity index (χ1n) is 4.04. The number of hydrogen-bond acceptors (Lipinski definition) is 3. The molecule has 0 saturated carbocycles. The van der Waals surface area contributed by atoms with Gasteiger partial charge in [0.2, 0.25) is 0 Å². The zero-order valence-corrected chi connectivity index (χ0v) is 7.84. The first-order valence-corrected chi connectivity index (χ1v) is 4.04. The number of nitrogen functional groups attached to an aromatic ring is 1. The molecule has 0 heterocycles. The minimum Gasteiger partial charge on any atom is -0.506 e. The van der Waals surface area contributed by atoms with Crippen molar-refractivity contribution >= 4 is 5.69 Å². The van der Waals surface area contributed by atoms with Crippen molar-refractivity contribution in [1.82, 2.24) is 0 Å². The number of rotatable bonds is 1. The number of phenols is 1. The summed E-state index contributed by atoms with van der Waals surface area (Å²) in [6.45, 7) is 0.609. The lowest BCUT2D eigenvalue weighted by molar-refractivity contribution is -0.258. The van der Waals surface area contributed by atoms with Gasteiger partial charge in [-0.1, -0.05) is 6.07 Å². The van der Waals surface area contributed by atoms with Crippen LogP contribution in [0.4, 0.5) is 18.9 Å². The Morgan fingerprint density at radius 3 is 2.20 bits per heavy atom. The molecule has 1 rings (SSSR count). The summed E-state index contributed by atoms with van der Waals surface area (Å²) in [6, 6.07) is 2.91. The summed E-state index contributed by atoms with van der Waals surface area (Å²) >= 11 is 0. The second kappa shape index (κ2) is 3.30. The standard InChI is InChI=1S/C9H10F3NO2/c1-8(15,9(10,11)12)5-2-3-6(13)7(14)4-5/h2-4,14-15H,13H2,1H3. The average molecular weight is 221 g/mol. The molecule has 0 aliphatic heterocycles. The van der Waals surface area contributed by atoms with Crippen molar-refractivity contribution < 1.29 is 23.4 Å². The molecular weight excluding hydrogens is 211 g/mol. The smallest absolute Gasteiger partial charge is 0.421 e. The van der Waals surface area contributed by atoms with Crippen molar-refractivity contribution in [3.63, 3.8) is 0 Å². The molecule has 0 bridgehead atoms. The maximum atomic E-state index is 12.4. The summed E-state index contributed by atoms with van der Waals surface area (Å²) in [5, 5.41) is 18.4. The van der Waals surface area contributed by atoms with Crippen LogP contribution in [0.2, 0.25) is 0 Å². The third kappa shape index (κ3) is 1.99. The third-order valence-electron chi connectivity index (χ3n) is 2.14. The number of phenolic OH excluding ortho intramolecular Hbond substituents is 1. The molecule has 1 aromatic carbocycles. The lowest BCUT2D eigenvalue weighted by atomic mass is 9.95. The van der Waals surface area contributed by atoms with E-state index >= 15 is 0 Å². The van der Waals surface area contributed by atoms with Gasteiger partial charge in [-0.3, -0.25) is 0 Å². The molecule has 15 heavy (non-hydrogen) atoms. The van der Waals surface area contributed by atoms with Gasteiger partial charge in [0.1, 0.15) is 5.75 Å². The number of halogens is 3. The Hall–Kier alpha value is -1.43. The lowest BCUT2D eigenvalue weighted by Crippen LogP contribution is -2.39. The van der Waals surface area contributed by atoms with Crippen LogP contribution in [0.5, 0.6) is 5.75 Å². The Balaban J connectivity index is 3.22. The molecule has 1 atom stereocenters. The summed E-state index contributed by atoms with van der Waals surface area (Å²) < 4.78 is 37.2. The quantitative estimate of drug-likeness (QED) is 0.500. The highest BCUT2D eigenvalue weighted by Crippen LogP contribution is 2.40. The van der Waals surface area contributed by atoms with Gasteiger partial charge in [0.15, 0.2) is 5.60 Å². The van der Waals surface area contributed by atoms with E-state index in [0.717, 1.165) is 18.2 Å². The van der Waals surface area contributed by atoms with Crippen LogP contribution in [0.3, 0.4) is 0 Å². The molecule has 0 aliphatic carbocycles. The molecule has 3 nitrogen and oxygen atoms in total. The topological polar surface area (TPSA) is 66.5 Å². The zero-order chi connectivity index (χ0) is 11.9. The molecule has 0 radical (unpaired) electrons. The zero-order valence-electron chi connectivity index (χ0n) is 7.84. The summed E-state index contributed by atoms with van der Waals surface area (Å²) in [5.41, 5.74) is 1.72. The number of alkyl halides is 3. The molecular formula is C9H10F3NO2. The second-order valence-corrected chi connectivity index (χ2v) is 3.34. The maximum Gasteiger partial charge on any atom is 0.421 e. The number of nitrogens with two attached hydrogens (primary N) is 1. The van der Waals surface area contributed by atoms with Crippen molar-refractivity contribution in [2.45, 2.75) is 18.7 Å². The van der Waals surface area contributed by atoms with Gasteiger partial charge in [-0.2, -0.15) is 13.2 Å². The van der Waals surface area contributed by atoms with Crippen LogP contribution >= 0.6 is 0 Å². The fourth-order valence-corrected chi connectivity index (χ4v) is 1.01. The van der Waals surface area contributed by atoms with Gasteiger partial charge in [0.05, 0.1) is 5.69 Å². The predicted molar refractivity (Wildman–Crippen MR) is 48.1 cm³/mol. The van der Waals surface area contributed by atoms with Crippen LogP contribution in [0, 0.1) is 0 Å². The number of aromatic hydroxyl groups is 1. The van der Waals surface area contributed by atoms with Crippen LogP contribution in [-0.2, 0) is 5.60 Å². The second-order valence-electron chi connectivity index (χ2n) is 3.34. The molecule has 0 aromatic heterocycles. The fourth-order valence-electron chi connectivity index (χ4n) is 1.01. The van der Waals surface area contributed by atoms with Gasteiger partial charge in [0.25, 0.3) is 0 Å². The van der Waals surface area contributed by atoms with Crippen LogP contribution in [0.25, 0.3) is 0 Å². The Morgan fingerprint density at radius 2 is 1.80 bits per heavy atom. The maximum absolute atomic E-state index is 12.4. The number of aliphatic hydroxyl groups is 1. The van der Waals surface area contributed by atoms with Gasteiger partial charge in [-0.15, -0.1) is 0 Å². The van der Waals surface area contributed by atoms with Crippen LogP contribution in [-0.4, -0.2) is 16.4 Å². The van der Waals surface area contributed by atoms with Crippen molar-refractivity contribution in [2.24, 2.45) is 0 Å². The van der Waals surface area contributed by atoms with Gasteiger partial charge in [-0.25, -0.2) is 0 Å². The van der Waals surface area contributed by atoms with Crippen molar-refractivity contribution in [3.8, 4) is 5.75 Å². The van der Waals surface area contributed by atoms with E-state index in [0.29, 0.717) is 6.92 Å². The van der Waals surface area contributed by atoms with Crippen molar-refractivity contribution in [3.05, 3.63) is 23.8 Å². The van der Waals surface area contributed by atoms with E-state index in [9.17, 15) is 18.3 Å². The summed E-state index contributed by atoms with van der Waals surface area (Å²) in [5.74, 6) is -0.489. The Kier molecular flexibility index (Phi) is 2.56. The molecule has 0 amide bonds. The highest BCUT2D eigenvalue weighted by atomic mass is 19.4. The van der Waals surface area contributed by atoms with E-state index in [4.69, 9.17) is 10.8 Å². The SMILES string of the molecule is CC(O)(c1ccc(N)c(O)c1)C(F)(F)F. The van der Waals surface area contributed by atoms with Crippen LogP contribution < -0.4 is 5.73 Å². The van der Waals surface area contributed by atoms with Gasteiger partial charge in [0, 0.05) is 0 Å². The molecule has 0 fully saturated rings. The van der Waals surface area contributed by atoms with E-state index in [-0.39, 0.29) is 5.69 Å². The van der Waals surface area contributed by atoms with E-state index in [1.54, 1.807) is 0 Å². The molecule has 0 aliphatic rings. The average Bonchev–Trinajstić information content (AvgIpc) is 2.07. The third-order valence-corrected chi connectivity index (χ3v) is 2.14. The van der Waals surface area contributed by atoms with E-state index in [1.807, 2.05) is 0 Å². The first-order chi connectivity index (χ1) is 6.66. The van der Waals surface area contributed by atoms with E-state index in [1.165, 1.54) is 0 Å². The van der Waals surface area contributed by atoms with Gasteiger partial charge in [-0.05, 0) is 24.6 Å². The molecule has 84 valence electrons. The van der Waals surface area contributed by atoms with Gasteiger partial charge < -0.3 is 15.9 Å². The number of anilines is 1. The molecule has 4 N–H and O–H groups in total. The lowest BCUT2D eigenvalue weighted by Gasteiger charge is -2.26. The highest BCUT2D eigenvalue weighted by Gasteiger charge is 2.51. The molecule has 0 spiro atoms. The summed E-state index contributed by atoms with van der Waals surface area (Å²) in [4.78, 5) is 0. The Labute approximate surface area is 84.0 Å². The Bertz CT molecular complexity index is 374. The van der Waals surface area contributed by atoms with Crippen LogP contribution in [0.15, 0.2) is 18.2 Å². The Morgan fingerprint density at radius 1 is 1.27 bits per heavy atom. The minimum absolute atomic E-state index is 0.0447. The van der Waals surface area contributed by atoms with E-state index < -0.39 is 23.1 Å². The van der Waals surface area contributed by atoms with Crippen molar-refractivity contribution in [1.29, 1.82) is 0 Å². The molecule has 1 unspecified atom stereocenters. The molecule has 0 saturated heterocycles. The van der Waals surface area contributed by atoms with Crippen LogP contribution in [0.1, 0.15) is 12.5 Å². The van der Waals surface area contributed by atoms with Crippen molar-refractivity contribution in [2.75, 3.05) is 5.73 Å².